The Morgan fingerprint density at radius 3 is 2.42 bits per heavy atom. The van der Waals surface area contributed by atoms with Crippen molar-refractivity contribution in [3.63, 3.8) is 0 Å². The third-order valence-electron chi connectivity index (χ3n) is 1.53. The predicted molar refractivity (Wildman–Crippen MR) is 46.9 cm³/mol. The van der Waals surface area contributed by atoms with E-state index in [1.54, 1.807) is 6.92 Å². The molecule has 1 atom stereocenters. The minimum atomic E-state index is -3.32. The topological polar surface area (TPSA) is 69.6 Å². The van der Waals surface area contributed by atoms with E-state index < -0.39 is 16.3 Å². The molecule has 0 fully saturated rings. The molecule has 0 saturated heterocycles. The second kappa shape index (κ2) is 4.76. The lowest BCUT2D eigenvalue weighted by atomic mass is 10.3. The van der Waals surface area contributed by atoms with Gasteiger partial charge in [0.2, 0.25) is 0 Å². The van der Waals surface area contributed by atoms with Crippen molar-refractivity contribution in [2.24, 2.45) is 0 Å². The zero-order valence-corrected chi connectivity index (χ0v) is 8.43. The number of nitrogens with zero attached hydrogens (tertiary/aromatic N) is 1. The fourth-order valence-electron chi connectivity index (χ4n) is 0.645. The Morgan fingerprint density at radius 2 is 2.08 bits per heavy atom. The molecule has 6 heteroatoms. The van der Waals surface area contributed by atoms with E-state index >= 15 is 0 Å². The Bertz CT molecular complexity index is 213. The molecule has 2 N–H and O–H groups in total. The number of aliphatic hydroxyl groups excluding tert-OH is 1. The number of hydrogen-bond acceptors (Lipinski definition) is 3. The highest BCUT2D eigenvalue weighted by Gasteiger charge is 2.14. The van der Waals surface area contributed by atoms with Gasteiger partial charge in [0, 0.05) is 20.6 Å². The first-order chi connectivity index (χ1) is 5.40. The summed E-state index contributed by atoms with van der Waals surface area (Å²) in [5.41, 5.74) is 0. The van der Waals surface area contributed by atoms with E-state index in [0.717, 1.165) is 0 Å². The molecular formula is C6H16N2O3S. The molecule has 0 amide bonds. The predicted octanol–water partition coefficient (Wildman–Crippen LogP) is -0.847. The molecule has 0 aliphatic rings. The Labute approximate surface area is 73.6 Å². The van der Waals surface area contributed by atoms with Crippen LogP contribution < -0.4 is 4.72 Å². The summed E-state index contributed by atoms with van der Waals surface area (Å²) in [5.74, 6) is 0. The van der Waals surface area contributed by atoms with E-state index in [9.17, 15) is 8.42 Å². The molecule has 0 radical (unpaired) electrons. The van der Waals surface area contributed by atoms with Crippen molar-refractivity contribution in [2.45, 2.75) is 19.4 Å². The molecular weight excluding hydrogens is 180 g/mol. The standard InChI is InChI=1S/C6H16N2O3S/c1-6(9)4-5-8(3)12(10,11)7-2/h6-7,9H,4-5H2,1-3H3. The van der Waals surface area contributed by atoms with Gasteiger partial charge in [-0.15, -0.1) is 0 Å². The van der Waals surface area contributed by atoms with Crippen molar-refractivity contribution in [3.05, 3.63) is 0 Å². The molecule has 0 aliphatic carbocycles. The van der Waals surface area contributed by atoms with Gasteiger partial charge in [-0.3, -0.25) is 0 Å². The van der Waals surface area contributed by atoms with Gasteiger partial charge in [-0.05, 0) is 13.3 Å². The Hall–Kier alpha value is -0.170. The third-order valence-corrected chi connectivity index (χ3v) is 3.05. The van der Waals surface area contributed by atoms with Crippen molar-refractivity contribution in [2.75, 3.05) is 20.6 Å². The Balaban J connectivity index is 3.96. The van der Waals surface area contributed by atoms with Crippen molar-refractivity contribution in [3.8, 4) is 0 Å². The van der Waals surface area contributed by atoms with E-state index in [0.29, 0.717) is 13.0 Å². The highest BCUT2D eigenvalue weighted by atomic mass is 32.2. The third kappa shape index (κ3) is 4.01. The molecule has 5 nitrogen and oxygen atoms in total. The van der Waals surface area contributed by atoms with Crippen LogP contribution in [-0.4, -0.2) is 44.6 Å². The van der Waals surface area contributed by atoms with E-state index in [4.69, 9.17) is 5.11 Å². The summed E-state index contributed by atoms with van der Waals surface area (Å²) in [6.45, 7) is 1.95. The second-order valence-electron chi connectivity index (χ2n) is 2.67. The normalized spacial score (nSPS) is 15.1. The Morgan fingerprint density at radius 1 is 1.58 bits per heavy atom. The lowest BCUT2D eigenvalue weighted by Gasteiger charge is -2.16. The first-order valence-electron chi connectivity index (χ1n) is 3.73. The van der Waals surface area contributed by atoms with Crippen LogP contribution in [0.1, 0.15) is 13.3 Å². The van der Waals surface area contributed by atoms with E-state index in [-0.39, 0.29) is 0 Å². The molecule has 0 aromatic carbocycles. The van der Waals surface area contributed by atoms with Crippen molar-refractivity contribution in [1.82, 2.24) is 9.03 Å². The average molecular weight is 196 g/mol. The van der Waals surface area contributed by atoms with Crippen LogP contribution in [0, 0.1) is 0 Å². The van der Waals surface area contributed by atoms with E-state index in [1.807, 2.05) is 0 Å². The van der Waals surface area contributed by atoms with Crippen LogP contribution in [0.15, 0.2) is 0 Å². The average Bonchev–Trinajstić information content (AvgIpc) is 2.00. The van der Waals surface area contributed by atoms with Gasteiger partial charge in [0.05, 0.1) is 6.10 Å². The first kappa shape index (κ1) is 11.8. The smallest absolute Gasteiger partial charge is 0.278 e. The van der Waals surface area contributed by atoms with Gasteiger partial charge in [0.25, 0.3) is 10.2 Å². The maximum atomic E-state index is 11.0. The fraction of sp³-hybridized carbons (Fsp3) is 1.00. The highest BCUT2D eigenvalue weighted by Crippen LogP contribution is 1.97. The molecule has 74 valence electrons. The molecule has 0 saturated carbocycles. The summed E-state index contributed by atoms with van der Waals surface area (Å²) in [6, 6.07) is 0. The number of rotatable bonds is 5. The fourth-order valence-corrected chi connectivity index (χ4v) is 1.30. The van der Waals surface area contributed by atoms with Gasteiger partial charge in [-0.1, -0.05) is 0 Å². The summed E-state index contributed by atoms with van der Waals surface area (Å²) < 4.78 is 25.4. The van der Waals surface area contributed by atoms with Gasteiger partial charge in [0.15, 0.2) is 0 Å². The van der Waals surface area contributed by atoms with Crippen LogP contribution in [0.2, 0.25) is 0 Å². The molecule has 0 aliphatic heterocycles. The van der Waals surface area contributed by atoms with Crippen LogP contribution in [0.5, 0.6) is 0 Å². The summed E-state index contributed by atoms with van der Waals surface area (Å²) in [5, 5.41) is 8.90. The van der Waals surface area contributed by atoms with Crippen molar-refractivity contribution in [1.29, 1.82) is 0 Å². The summed E-state index contributed by atoms with van der Waals surface area (Å²) in [4.78, 5) is 0. The zero-order chi connectivity index (χ0) is 9.78. The van der Waals surface area contributed by atoms with Crippen molar-refractivity contribution < 1.29 is 13.5 Å². The van der Waals surface area contributed by atoms with Crippen LogP contribution in [0.4, 0.5) is 0 Å². The summed E-state index contributed by atoms with van der Waals surface area (Å²) in [6.07, 6.45) is -0.0308. The quantitative estimate of drug-likeness (QED) is 0.602. The number of aliphatic hydroxyl groups is 1. The zero-order valence-electron chi connectivity index (χ0n) is 7.61. The lowest BCUT2D eigenvalue weighted by molar-refractivity contribution is 0.177. The Kier molecular flexibility index (Phi) is 4.69. The maximum Gasteiger partial charge on any atom is 0.278 e. The molecule has 0 spiro atoms. The van der Waals surface area contributed by atoms with Crippen LogP contribution >= 0.6 is 0 Å². The monoisotopic (exact) mass is 196 g/mol. The van der Waals surface area contributed by atoms with Gasteiger partial charge in [0.1, 0.15) is 0 Å². The first-order valence-corrected chi connectivity index (χ1v) is 5.17. The molecule has 0 aromatic heterocycles. The largest absolute Gasteiger partial charge is 0.393 e. The highest BCUT2D eigenvalue weighted by molar-refractivity contribution is 7.87. The van der Waals surface area contributed by atoms with Crippen LogP contribution in [-0.2, 0) is 10.2 Å². The lowest BCUT2D eigenvalue weighted by Crippen LogP contribution is -2.37. The number of nitrogens with one attached hydrogen (secondary N) is 1. The SMILES string of the molecule is CNS(=O)(=O)N(C)CCC(C)O. The molecule has 0 aromatic rings. The number of hydrogen-bond donors (Lipinski definition) is 2. The van der Waals surface area contributed by atoms with Crippen molar-refractivity contribution >= 4 is 10.2 Å². The van der Waals surface area contributed by atoms with Gasteiger partial charge in [-0.25, -0.2) is 4.72 Å². The molecule has 0 rings (SSSR count). The maximum absolute atomic E-state index is 11.0. The van der Waals surface area contributed by atoms with Crippen LogP contribution in [0.25, 0.3) is 0 Å². The van der Waals surface area contributed by atoms with Gasteiger partial charge >= 0.3 is 0 Å². The molecule has 0 heterocycles. The van der Waals surface area contributed by atoms with E-state index in [1.165, 1.54) is 18.4 Å². The molecule has 12 heavy (non-hydrogen) atoms. The van der Waals surface area contributed by atoms with Gasteiger partial charge in [-0.2, -0.15) is 12.7 Å². The summed E-state index contributed by atoms with van der Waals surface area (Å²) in [7, 11) is -0.500. The molecule has 1 unspecified atom stereocenters. The minimum Gasteiger partial charge on any atom is -0.393 e. The van der Waals surface area contributed by atoms with E-state index in [2.05, 4.69) is 4.72 Å². The molecule has 0 bridgehead atoms. The minimum absolute atomic E-state index is 0.320. The summed E-state index contributed by atoms with van der Waals surface area (Å²) >= 11 is 0. The van der Waals surface area contributed by atoms with Gasteiger partial charge < -0.3 is 5.11 Å². The second-order valence-corrected chi connectivity index (χ2v) is 4.65. The van der Waals surface area contributed by atoms with Crippen LogP contribution in [0.3, 0.4) is 0 Å².